The van der Waals surface area contributed by atoms with Crippen molar-refractivity contribution in [1.29, 1.82) is 0 Å². The highest BCUT2D eigenvalue weighted by molar-refractivity contribution is 6.10. The maximum absolute atomic E-state index is 12.8. The van der Waals surface area contributed by atoms with Gasteiger partial charge in [0.05, 0.1) is 0 Å². The van der Waals surface area contributed by atoms with Crippen LogP contribution in [0.5, 0.6) is 5.75 Å². The van der Waals surface area contributed by atoms with E-state index in [1.807, 2.05) is 0 Å². The minimum absolute atomic E-state index is 0.0228. The number of nitrogens with one attached hydrogen (secondary N) is 2. The van der Waals surface area contributed by atoms with Crippen LogP contribution in [0.1, 0.15) is 12.5 Å². The molecule has 1 fully saturated rings. The van der Waals surface area contributed by atoms with Crippen LogP contribution in [0.2, 0.25) is 0 Å². The molecule has 0 aliphatic carbocycles. The second-order valence-electron chi connectivity index (χ2n) is 6.44. The Morgan fingerprint density at radius 2 is 1.83 bits per heavy atom. The van der Waals surface area contributed by atoms with E-state index in [2.05, 4.69) is 15.4 Å². The summed E-state index contributed by atoms with van der Waals surface area (Å²) in [5, 5.41) is 4.91. The summed E-state index contributed by atoms with van der Waals surface area (Å²) in [4.78, 5) is 38.0. The number of urea groups is 1. The Hall–Kier alpha value is -3.56. The lowest BCUT2D eigenvalue weighted by Gasteiger charge is -2.22. The molecule has 7 nitrogen and oxygen atoms in total. The Morgan fingerprint density at radius 1 is 1.14 bits per heavy atom. The number of anilines is 1. The Labute approximate surface area is 163 Å². The first-order valence-corrected chi connectivity index (χ1v) is 8.44. The van der Waals surface area contributed by atoms with E-state index in [1.54, 1.807) is 30.3 Å². The summed E-state index contributed by atoms with van der Waals surface area (Å²) >= 11 is 0. The van der Waals surface area contributed by atoms with E-state index in [0.29, 0.717) is 5.56 Å². The first kappa shape index (κ1) is 20.2. The minimum Gasteiger partial charge on any atom is -0.406 e. The Bertz CT molecular complexity index is 949. The minimum atomic E-state index is -4.87. The van der Waals surface area contributed by atoms with Gasteiger partial charge in [0.2, 0.25) is 5.91 Å². The van der Waals surface area contributed by atoms with E-state index < -0.39 is 42.0 Å². The topological polar surface area (TPSA) is 87.7 Å². The molecule has 10 heteroatoms. The average Bonchev–Trinajstić information content (AvgIpc) is 2.85. The summed E-state index contributed by atoms with van der Waals surface area (Å²) in [6, 6.07) is 12.5. The molecule has 0 bridgehead atoms. The summed E-state index contributed by atoms with van der Waals surface area (Å²) in [6.45, 7) is 0.926. The van der Waals surface area contributed by atoms with E-state index in [0.717, 1.165) is 17.0 Å². The van der Waals surface area contributed by atoms with Gasteiger partial charge in [0, 0.05) is 11.8 Å². The van der Waals surface area contributed by atoms with E-state index in [9.17, 15) is 27.6 Å². The van der Waals surface area contributed by atoms with Crippen molar-refractivity contribution in [2.45, 2.75) is 18.8 Å². The third kappa shape index (κ3) is 4.48. The summed E-state index contributed by atoms with van der Waals surface area (Å²) in [6.07, 6.45) is -4.87. The molecule has 1 aliphatic heterocycles. The number of nitrogens with zero attached hydrogens (tertiary/aromatic N) is 1. The second kappa shape index (κ2) is 7.46. The van der Waals surface area contributed by atoms with Crippen LogP contribution in [0, 0.1) is 0 Å². The number of hydrogen-bond acceptors (Lipinski definition) is 4. The van der Waals surface area contributed by atoms with Gasteiger partial charge in [-0.25, -0.2) is 4.79 Å². The van der Waals surface area contributed by atoms with Crippen molar-refractivity contribution in [2.75, 3.05) is 11.9 Å². The molecule has 0 aromatic heterocycles. The summed E-state index contributed by atoms with van der Waals surface area (Å²) in [5.74, 6) is -1.88. The maximum atomic E-state index is 12.8. The SMILES string of the molecule is CC1(c2ccccc2)NC(=O)N(CC(=O)Nc2cccc(OC(F)(F)F)c2)C1=O. The first-order valence-electron chi connectivity index (χ1n) is 8.44. The standard InChI is InChI=1S/C19H16F3N3O4/c1-18(12-6-3-2-4-7-12)16(27)25(17(28)24-18)11-15(26)23-13-8-5-9-14(10-13)29-19(20,21)22/h2-10H,11H2,1H3,(H,23,26)(H,24,28). The van der Waals surface area contributed by atoms with Crippen molar-refractivity contribution in [3.05, 3.63) is 60.2 Å². The highest BCUT2D eigenvalue weighted by Crippen LogP contribution is 2.29. The molecule has 0 spiro atoms. The molecule has 2 aromatic carbocycles. The molecule has 4 amide bonds. The monoisotopic (exact) mass is 407 g/mol. The molecule has 1 aliphatic rings. The van der Waals surface area contributed by atoms with Crippen molar-refractivity contribution in [2.24, 2.45) is 0 Å². The fourth-order valence-corrected chi connectivity index (χ4v) is 2.92. The molecule has 29 heavy (non-hydrogen) atoms. The van der Waals surface area contributed by atoms with Gasteiger partial charge in [0.15, 0.2) is 0 Å². The molecule has 2 aromatic rings. The summed E-state index contributed by atoms with van der Waals surface area (Å²) in [5.41, 5.74) is -0.744. The zero-order valence-electron chi connectivity index (χ0n) is 15.1. The zero-order valence-corrected chi connectivity index (χ0v) is 15.1. The van der Waals surface area contributed by atoms with Crippen LogP contribution in [-0.2, 0) is 15.1 Å². The first-order chi connectivity index (χ1) is 13.6. The van der Waals surface area contributed by atoms with Gasteiger partial charge in [-0.05, 0) is 24.6 Å². The smallest absolute Gasteiger partial charge is 0.406 e. The van der Waals surface area contributed by atoms with E-state index >= 15 is 0 Å². The normalized spacial score (nSPS) is 19.1. The molecule has 0 saturated carbocycles. The van der Waals surface area contributed by atoms with Crippen LogP contribution >= 0.6 is 0 Å². The Morgan fingerprint density at radius 3 is 2.48 bits per heavy atom. The Balaban J connectivity index is 1.69. The van der Waals surface area contributed by atoms with Crippen LogP contribution in [0.25, 0.3) is 0 Å². The number of hydrogen-bond donors (Lipinski definition) is 2. The number of benzene rings is 2. The van der Waals surface area contributed by atoms with Crippen molar-refractivity contribution >= 4 is 23.5 Å². The third-order valence-electron chi connectivity index (χ3n) is 4.28. The number of alkyl halides is 3. The van der Waals surface area contributed by atoms with Gasteiger partial charge < -0.3 is 15.4 Å². The van der Waals surface area contributed by atoms with Crippen molar-refractivity contribution < 1.29 is 32.3 Å². The summed E-state index contributed by atoms with van der Waals surface area (Å²) < 4.78 is 40.7. The van der Waals surface area contributed by atoms with Crippen LogP contribution in [0.4, 0.5) is 23.7 Å². The quantitative estimate of drug-likeness (QED) is 0.746. The van der Waals surface area contributed by atoms with Crippen LogP contribution in [-0.4, -0.2) is 35.7 Å². The maximum Gasteiger partial charge on any atom is 0.573 e. The third-order valence-corrected chi connectivity index (χ3v) is 4.28. The zero-order chi connectivity index (χ0) is 21.2. The molecule has 3 rings (SSSR count). The van der Waals surface area contributed by atoms with E-state index in [4.69, 9.17) is 0 Å². The van der Waals surface area contributed by atoms with E-state index in [1.165, 1.54) is 19.1 Å². The molecule has 1 atom stereocenters. The molecule has 1 heterocycles. The van der Waals surface area contributed by atoms with Gasteiger partial charge in [-0.2, -0.15) is 0 Å². The predicted molar refractivity (Wildman–Crippen MR) is 95.8 cm³/mol. The molecule has 1 saturated heterocycles. The fraction of sp³-hybridized carbons (Fsp3) is 0.211. The molecule has 0 radical (unpaired) electrons. The average molecular weight is 407 g/mol. The lowest BCUT2D eigenvalue weighted by atomic mass is 9.92. The van der Waals surface area contributed by atoms with Gasteiger partial charge in [0.1, 0.15) is 17.8 Å². The number of carbonyl (C=O) groups is 3. The van der Waals surface area contributed by atoms with Crippen LogP contribution in [0.3, 0.4) is 0 Å². The Kier molecular flexibility index (Phi) is 5.19. The van der Waals surface area contributed by atoms with Crippen LogP contribution in [0.15, 0.2) is 54.6 Å². The number of rotatable bonds is 5. The molecular weight excluding hydrogens is 391 g/mol. The van der Waals surface area contributed by atoms with Gasteiger partial charge in [-0.3, -0.25) is 14.5 Å². The van der Waals surface area contributed by atoms with Crippen molar-refractivity contribution in [3.63, 3.8) is 0 Å². The lowest BCUT2D eigenvalue weighted by molar-refractivity contribution is -0.274. The predicted octanol–water partition coefficient (Wildman–Crippen LogP) is 2.99. The number of amides is 4. The van der Waals surface area contributed by atoms with Gasteiger partial charge >= 0.3 is 12.4 Å². The van der Waals surface area contributed by atoms with Crippen molar-refractivity contribution in [1.82, 2.24) is 10.2 Å². The summed E-state index contributed by atoms with van der Waals surface area (Å²) in [7, 11) is 0. The fourth-order valence-electron chi connectivity index (χ4n) is 2.92. The number of ether oxygens (including phenoxy) is 1. The largest absolute Gasteiger partial charge is 0.573 e. The van der Waals surface area contributed by atoms with Crippen LogP contribution < -0.4 is 15.4 Å². The molecule has 2 N–H and O–H groups in total. The highest BCUT2D eigenvalue weighted by atomic mass is 19.4. The molecular formula is C19H16F3N3O4. The molecule has 1 unspecified atom stereocenters. The highest BCUT2D eigenvalue weighted by Gasteiger charge is 2.49. The van der Waals surface area contributed by atoms with Gasteiger partial charge in [-0.1, -0.05) is 36.4 Å². The number of imide groups is 1. The number of halogens is 3. The van der Waals surface area contributed by atoms with Gasteiger partial charge in [-0.15, -0.1) is 13.2 Å². The van der Waals surface area contributed by atoms with Gasteiger partial charge in [0.25, 0.3) is 5.91 Å². The van der Waals surface area contributed by atoms with E-state index in [-0.39, 0.29) is 5.69 Å². The molecule has 152 valence electrons. The van der Waals surface area contributed by atoms with Crippen molar-refractivity contribution in [3.8, 4) is 5.75 Å². The second-order valence-corrected chi connectivity index (χ2v) is 6.44. The lowest BCUT2D eigenvalue weighted by Crippen LogP contribution is -2.42. The number of carbonyl (C=O) groups excluding carboxylic acids is 3.